The Bertz CT molecular complexity index is 1250. The summed E-state index contributed by atoms with van der Waals surface area (Å²) in [7, 11) is 4.82. The molecular formula is C25H23ClN2O5. The van der Waals surface area contributed by atoms with Crippen LogP contribution in [0.15, 0.2) is 59.7 Å². The minimum atomic E-state index is -0.544. The zero-order valence-electron chi connectivity index (χ0n) is 18.4. The number of fused-ring (bicyclic) bond motifs is 3. The van der Waals surface area contributed by atoms with Gasteiger partial charge in [0, 0.05) is 28.1 Å². The first kappa shape index (κ1) is 21.3. The number of benzene rings is 3. The van der Waals surface area contributed by atoms with Gasteiger partial charge in [-0.05, 0) is 42.5 Å². The summed E-state index contributed by atoms with van der Waals surface area (Å²) in [5, 5.41) is 17.8. The molecule has 8 heteroatoms. The van der Waals surface area contributed by atoms with Gasteiger partial charge in [-0.15, -0.1) is 0 Å². The van der Waals surface area contributed by atoms with E-state index in [1.807, 2.05) is 41.4 Å². The van der Waals surface area contributed by atoms with E-state index < -0.39 is 6.23 Å². The molecule has 2 aliphatic rings. The molecule has 3 aromatic rings. The Kier molecular flexibility index (Phi) is 5.42. The number of rotatable bonds is 5. The number of nitrogens with zero attached hydrogens (tertiary/aromatic N) is 2. The monoisotopic (exact) mass is 466 g/mol. The number of hydrogen-bond acceptors (Lipinski definition) is 7. The predicted molar refractivity (Wildman–Crippen MR) is 125 cm³/mol. The average molecular weight is 467 g/mol. The summed E-state index contributed by atoms with van der Waals surface area (Å²) in [4.78, 5) is 0. The van der Waals surface area contributed by atoms with E-state index in [4.69, 9.17) is 35.6 Å². The van der Waals surface area contributed by atoms with Crippen molar-refractivity contribution in [2.45, 2.75) is 18.7 Å². The number of halogens is 1. The van der Waals surface area contributed by atoms with Crippen LogP contribution >= 0.6 is 11.6 Å². The third kappa shape index (κ3) is 3.58. The molecule has 0 amide bonds. The number of phenols is 1. The lowest BCUT2D eigenvalue weighted by Crippen LogP contribution is -2.33. The fourth-order valence-corrected chi connectivity index (χ4v) is 4.55. The summed E-state index contributed by atoms with van der Waals surface area (Å²) in [6.45, 7) is 0. The molecule has 0 saturated carbocycles. The minimum absolute atomic E-state index is 0.115. The van der Waals surface area contributed by atoms with E-state index in [-0.39, 0.29) is 11.8 Å². The number of aromatic hydroxyl groups is 1. The first-order valence-corrected chi connectivity index (χ1v) is 10.8. The third-order valence-electron chi connectivity index (χ3n) is 5.96. The van der Waals surface area contributed by atoms with Gasteiger partial charge in [-0.2, -0.15) is 5.10 Å². The number of phenolic OH excluding ortho intramolecular Hbond substituents is 1. The van der Waals surface area contributed by atoms with Crippen molar-refractivity contribution in [1.29, 1.82) is 0 Å². The van der Waals surface area contributed by atoms with Gasteiger partial charge in [-0.1, -0.05) is 23.7 Å². The van der Waals surface area contributed by atoms with Gasteiger partial charge >= 0.3 is 0 Å². The predicted octanol–water partition coefficient (Wildman–Crippen LogP) is 5.31. The van der Waals surface area contributed by atoms with E-state index in [1.165, 1.54) is 0 Å². The number of para-hydroxylation sites is 1. The standard InChI is InChI=1S/C25H23ClN2O5/c1-30-21-10-7-14(11-23(21)32-3)25-28-19(16-5-4-6-22(31-2)24(16)33-25)13-18(27-28)17-12-15(26)8-9-20(17)29/h4-12,19,25,29H,13H2,1-3H3/t19-,25-/m0/s1. The maximum absolute atomic E-state index is 10.5. The Morgan fingerprint density at radius 2 is 1.76 bits per heavy atom. The van der Waals surface area contributed by atoms with Crippen LogP contribution in [0.3, 0.4) is 0 Å². The number of hydrogen-bond donors (Lipinski definition) is 1. The maximum Gasteiger partial charge on any atom is 0.214 e. The van der Waals surface area contributed by atoms with Crippen molar-refractivity contribution in [3.63, 3.8) is 0 Å². The Hall–Kier alpha value is -3.58. The largest absolute Gasteiger partial charge is 0.507 e. The number of methoxy groups -OCH3 is 3. The maximum atomic E-state index is 10.5. The molecule has 2 heterocycles. The second-order valence-corrected chi connectivity index (χ2v) is 8.21. The molecule has 2 aliphatic heterocycles. The molecule has 0 bridgehead atoms. The van der Waals surface area contributed by atoms with Gasteiger partial charge in [-0.25, -0.2) is 5.01 Å². The Labute approximate surface area is 196 Å². The average Bonchev–Trinajstić information content (AvgIpc) is 3.29. The Balaban J connectivity index is 1.64. The molecule has 5 rings (SSSR count). The van der Waals surface area contributed by atoms with Gasteiger partial charge in [-0.3, -0.25) is 0 Å². The molecule has 170 valence electrons. The number of ether oxygens (including phenoxy) is 4. The van der Waals surface area contributed by atoms with E-state index in [9.17, 15) is 5.11 Å². The molecule has 0 unspecified atom stereocenters. The minimum Gasteiger partial charge on any atom is -0.507 e. The normalized spacial score (nSPS) is 18.7. The highest BCUT2D eigenvalue weighted by Crippen LogP contribution is 2.51. The highest BCUT2D eigenvalue weighted by Gasteiger charge is 2.42. The summed E-state index contributed by atoms with van der Waals surface area (Å²) in [6, 6.07) is 16.3. The Morgan fingerprint density at radius 3 is 2.52 bits per heavy atom. The van der Waals surface area contributed by atoms with Crippen molar-refractivity contribution in [3.8, 4) is 28.7 Å². The summed E-state index contributed by atoms with van der Waals surface area (Å²) >= 11 is 6.21. The Morgan fingerprint density at radius 1 is 0.970 bits per heavy atom. The number of hydrazone groups is 1. The smallest absolute Gasteiger partial charge is 0.214 e. The van der Waals surface area contributed by atoms with Crippen LogP contribution in [-0.4, -0.2) is 37.2 Å². The van der Waals surface area contributed by atoms with Crippen LogP contribution in [0.25, 0.3) is 0 Å². The first-order valence-electron chi connectivity index (χ1n) is 10.4. The fourth-order valence-electron chi connectivity index (χ4n) is 4.37. The van der Waals surface area contributed by atoms with Crippen molar-refractivity contribution < 1.29 is 24.1 Å². The zero-order valence-corrected chi connectivity index (χ0v) is 19.2. The quantitative estimate of drug-likeness (QED) is 0.549. The second-order valence-electron chi connectivity index (χ2n) is 7.77. The van der Waals surface area contributed by atoms with E-state index in [0.717, 1.165) is 16.8 Å². The molecule has 0 saturated heterocycles. The van der Waals surface area contributed by atoms with E-state index >= 15 is 0 Å². The molecule has 0 radical (unpaired) electrons. The fraction of sp³-hybridized carbons (Fsp3) is 0.240. The SMILES string of the molecule is COc1ccc([C@@H]2Oc3c(OC)cccc3[C@@H]3CC(c4cc(Cl)ccc4O)=NN32)cc1OC. The molecule has 0 aromatic heterocycles. The van der Waals surface area contributed by atoms with Crippen LogP contribution in [0, 0.1) is 0 Å². The van der Waals surface area contributed by atoms with Gasteiger partial charge in [0.2, 0.25) is 6.23 Å². The van der Waals surface area contributed by atoms with E-state index in [2.05, 4.69) is 0 Å². The summed E-state index contributed by atoms with van der Waals surface area (Å²) in [6.07, 6.45) is 0.0266. The van der Waals surface area contributed by atoms with Crippen molar-refractivity contribution in [1.82, 2.24) is 5.01 Å². The van der Waals surface area contributed by atoms with E-state index in [0.29, 0.717) is 40.0 Å². The topological polar surface area (TPSA) is 72.8 Å². The molecule has 0 fully saturated rings. The molecule has 33 heavy (non-hydrogen) atoms. The van der Waals surface area contributed by atoms with Gasteiger partial charge in [0.1, 0.15) is 5.75 Å². The third-order valence-corrected chi connectivity index (χ3v) is 6.20. The van der Waals surface area contributed by atoms with Crippen LogP contribution in [0.1, 0.15) is 35.4 Å². The van der Waals surface area contributed by atoms with Crippen molar-refractivity contribution in [3.05, 3.63) is 76.3 Å². The van der Waals surface area contributed by atoms with Crippen molar-refractivity contribution in [2.24, 2.45) is 5.10 Å². The highest BCUT2D eigenvalue weighted by molar-refractivity contribution is 6.31. The summed E-state index contributed by atoms with van der Waals surface area (Å²) in [5.41, 5.74) is 3.14. The lowest BCUT2D eigenvalue weighted by Gasteiger charge is -2.38. The molecule has 0 spiro atoms. The van der Waals surface area contributed by atoms with Crippen molar-refractivity contribution >= 4 is 17.3 Å². The van der Waals surface area contributed by atoms with Crippen molar-refractivity contribution in [2.75, 3.05) is 21.3 Å². The second kappa shape index (κ2) is 8.41. The van der Waals surface area contributed by atoms with Gasteiger partial charge in [0.05, 0.1) is 33.1 Å². The van der Waals surface area contributed by atoms with Gasteiger partial charge in [0.25, 0.3) is 0 Å². The van der Waals surface area contributed by atoms with Gasteiger partial charge in [0.15, 0.2) is 23.0 Å². The lowest BCUT2D eigenvalue weighted by molar-refractivity contribution is -0.0210. The van der Waals surface area contributed by atoms with Crippen LogP contribution in [0.4, 0.5) is 0 Å². The molecule has 7 nitrogen and oxygen atoms in total. The van der Waals surface area contributed by atoms with Gasteiger partial charge < -0.3 is 24.1 Å². The molecular weight excluding hydrogens is 444 g/mol. The zero-order chi connectivity index (χ0) is 23.1. The lowest BCUT2D eigenvalue weighted by atomic mass is 9.95. The molecule has 1 N–H and O–H groups in total. The van der Waals surface area contributed by atoms with Crippen LogP contribution in [-0.2, 0) is 0 Å². The van der Waals surface area contributed by atoms with Crippen LogP contribution in [0.2, 0.25) is 5.02 Å². The molecule has 0 aliphatic carbocycles. The van der Waals surface area contributed by atoms with E-state index in [1.54, 1.807) is 39.5 Å². The molecule has 3 aromatic carbocycles. The summed E-state index contributed by atoms with van der Waals surface area (Å²) in [5.74, 6) is 2.68. The molecule has 2 atom stereocenters. The van der Waals surface area contributed by atoms with Crippen LogP contribution in [0.5, 0.6) is 28.7 Å². The highest BCUT2D eigenvalue weighted by atomic mass is 35.5. The first-order chi connectivity index (χ1) is 16.0. The summed E-state index contributed by atoms with van der Waals surface area (Å²) < 4.78 is 23.0. The van der Waals surface area contributed by atoms with Crippen LogP contribution < -0.4 is 18.9 Å².